The van der Waals surface area contributed by atoms with E-state index in [-0.39, 0.29) is 36.7 Å². The summed E-state index contributed by atoms with van der Waals surface area (Å²) in [6.45, 7) is 3.39. The molecule has 0 radical (unpaired) electrons. The number of ketones is 2. The number of carbonyl (C=O) groups excluding carboxylic acids is 3. The molecule has 2 heterocycles. The second kappa shape index (κ2) is 7.35. The van der Waals surface area contributed by atoms with Crippen LogP contribution in [0.1, 0.15) is 38.7 Å². The highest BCUT2D eigenvalue weighted by Crippen LogP contribution is 2.37. The lowest BCUT2D eigenvalue weighted by Crippen LogP contribution is -2.65. The van der Waals surface area contributed by atoms with Crippen LogP contribution in [0, 0.1) is 5.92 Å². The molecule has 2 fully saturated rings. The minimum absolute atomic E-state index is 0.00693. The molecule has 138 valence electrons. The molecule has 5 nitrogen and oxygen atoms in total. The molecule has 0 saturated carbocycles. The number of amides is 1. The molecule has 0 unspecified atom stereocenters. The highest BCUT2D eigenvalue weighted by Gasteiger charge is 2.52. The molecular formula is C20H27BN2O3. The molecular weight excluding hydrogens is 327 g/mol. The molecule has 0 aromatic heterocycles. The van der Waals surface area contributed by atoms with Crippen LogP contribution >= 0.6 is 0 Å². The molecule has 0 bridgehead atoms. The van der Waals surface area contributed by atoms with Crippen LogP contribution in [0.25, 0.3) is 0 Å². The number of carbonyl (C=O) groups is 3. The van der Waals surface area contributed by atoms with Crippen LogP contribution in [-0.4, -0.2) is 40.7 Å². The predicted octanol–water partition coefficient (Wildman–Crippen LogP) is 2.11. The summed E-state index contributed by atoms with van der Waals surface area (Å²) in [6, 6.07) is 9.37. The van der Waals surface area contributed by atoms with Gasteiger partial charge in [0, 0.05) is 12.3 Å². The van der Waals surface area contributed by atoms with Gasteiger partial charge in [-0.05, 0) is 31.7 Å². The van der Waals surface area contributed by atoms with E-state index >= 15 is 0 Å². The van der Waals surface area contributed by atoms with Gasteiger partial charge in [0.05, 0.1) is 11.6 Å². The standard InChI is InChI=1S/C20H27BN2O3/c1-14(15(2)24)12-18(25)17-8-10-21-11-9-20(22,19(26)23(17)21)13-16-6-4-3-5-7-16/h3-7,14,17H,8-13,22H2,1-2H3/t14-,17+,20-/m1/s1. The van der Waals surface area contributed by atoms with Crippen molar-refractivity contribution in [2.75, 3.05) is 0 Å². The first-order chi connectivity index (χ1) is 12.3. The summed E-state index contributed by atoms with van der Waals surface area (Å²) >= 11 is 0. The van der Waals surface area contributed by atoms with Gasteiger partial charge in [-0.2, -0.15) is 0 Å². The minimum Gasteiger partial charge on any atom is -0.376 e. The molecule has 2 N–H and O–H groups in total. The molecule has 1 amide bonds. The fourth-order valence-corrected chi connectivity index (χ4v) is 4.28. The molecule has 26 heavy (non-hydrogen) atoms. The minimum atomic E-state index is -0.951. The summed E-state index contributed by atoms with van der Waals surface area (Å²) in [7, 11) is 0. The summed E-state index contributed by atoms with van der Waals surface area (Å²) in [4.78, 5) is 39.2. The Balaban J connectivity index is 1.76. The van der Waals surface area contributed by atoms with Gasteiger partial charge in [-0.25, -0.2) is 0 Å². The number of nitrogens with zero attached hydrogens (tertiary/aromatic N) is 1. The normalized spacial score (nSPS) is 26.6. The third-order valence-electron chi connectivity index (χ3n) is 6.02. The molecule has 0 spiro atoms. The zero-order chi connectivity index (χ0) is 18.9. The third-order valence-corrected chi connectivity index (χ3v) is 6.02. The molecule has 0 aliphatic carbocycles. The van der Waals surface area contributed by atoms with Crippen molar-refractivity contribution < 1.29 is 14.4 Å². The Labute approximate surface area is 155 Å². The number of nitrogens with two attached hydrogens (primary N) is 1. The van der Waals surface area contributed by atoms with Gasteiger partial charge >= 0.3 is 0 Å². The van der Waals surface area contributed by atoms with E-state index < -0.39 is 11.6 Å². The third kappa shape index (κ3) is 3.61. The summed E-state index contributed by atoms with van der Waals surface area (Å²) in [5.41, 5.74) is 6.63. The Hall–Kier alpha value is -1.95. The van der Waals surface area contributed by atoms with E-state index in [0.29, 0.717) is 19.3 Å². The fourth-order valence-electron chi connectivity index (χ4n) is 4.28. The van der Waals surface area contributed by atoms with Crippen molar-refractivity contribution in [3.05, 3.63) is 35.9 Å². The molecule has 2 saturated heterocycles. The van der Waals surface area contributed by atoms with Gasteiger partial charge in [0.25, 0.3) is 6.85 Å². The molecule has 2 aliphatic rings. The van der Waals surface area contributed by atoms with E-state index in [9.17, 15) is 14.4 Å². The second-order valence-corrected chi connectivity index (χ2v) is 8.00. The van der Waals surface area contributed by atoms with Gasteiger partial charge < -0.3 is 10.5 Å². The first-order valence-corrected chi connectivity index (χ1v) is 9.50. The summed E-state index contributed by atoms with van der Waals surface area (Å²) in [5.74, 6) is -0.403. The van der Waals surface area contributed by atoms with Crippen molar-refractivity contribution in [2.45, 2.75) is 63.8 Å². The zero-order valence-electron chi connectivity index (χ0n) is 15.6. The molecule has 1 aromatic rings. The van der Waals surface area contributed by atoms with Crippen molar-refractivity contribution in [1.82, 2.24) is 4.81 Å². The highest BCUT2D eigenvalue weighted by atomic mass is 16.2. The lowest BCUT2D eigenvalue weighted by molar-refractivity contribution is -0.139. The predicted molar refractivity (Wildman–Crippen MR) is 102 cm³/mol. The first-order valence-electron chi connectivity index (χ1n) is 9.50. The number of benzene rings is 1. The van der Waals surface area contributed by atoms with Gasteiger partial charge in [0.2, 0.25) is 5.91 Å². The Kier molecular flexibility index (Phi) is 5.33. The Bertz CT molecular complexity index is 708. The lowest BCUT2D eigenvalue weighted by atomic mass is 9.51. The number of hydrogen-bond acceptors (Lipinski definition) is 4. The largest absolute Gasteiger partial charge is 0.376 e. The summed E-state index contributed by atoms with van der Waals surface area (Å²) in [5, 5.41) is 0. The van der Waals surface area contributed by atoms with Crippen LogP contribution < -0.4 is 5.73 Å². The number of fused-ring (bicyclic) bond motifs is 1. The number of Topliss-reactive ketones (excluding diaryl/α,β-unsaturated/α-hetero) is 2. The maximum atomic E-state index is 13.2. The number of rotatable bonds is 6. The van der Waals surface area contributed by atoms with E-state index in [1.54, 1.807) is 11.7 Å². The highest BCUT2D eigenvalue weighted by molar-refractivity contribution is 6.61. The van der Waals surface area contributed by atoms with Crippen LogP contribution in [0.15, 0.2) is 30.3 Å². The topological polar surface area (TPSA) is 80.5 Å². The summed E-state index contributed by atoms with van der Waals surface area (Å²) < 4.78 is 0. The Morgan fingerprint density at radius 3 is 2.65 bits per heavy atom. The quantitative estimate of drug-likeness (QED) is 0.794. The van der Waals surface area contributed by atoms with E-state index in [4.69, 9.17) is 5.73 Å². The van der Waals surface area contributed by atoms with Crippen LogP contribution in [0.5, 0.6) is 0 Å². The van der Waals surface area contributed by atoms with E-state index in [2.05, 4.69) is 0 Å². The maximum Gasteiger partial charge on any atom is 0.259 e. The van der Waals surface area contributed by atoms with Crippen LogP contribution in [0.4, 0.5) is 0 Å². The van der Waals surface area contributed by atoms with Gasteiger partial charge in [0.1, 0.15) is 5.78 Å². The molecule has 2 aliphatic heterocycles. The van der Waals surface area contributed by atoms with E-state index in [0.717, 1.165) is 18.2 Å². The molecule has 3 atom stereocenters. The second-order valence-electron chi connectivity index (χ2n) is 8.00. The van der Waals surface area contributed by atoms with Crippen LogP contribution in [-0.2, 0) is 20.8 Å². The average molecular weight is 354 g/mol. The molecule has 3 rings (SSSR count). The molecule has 1 aromatic carbocycles. The van der Waals surface area contributed by atoms with Crippen LogP contribution in [0.3, 0.4) is 0 Å². The van der Waals surface area contributed by atoms with Crippen molar-refractivity contribution in [1.29, 1.82) is 0 Å². The monoisotopic (exact) mass is 354 g/mol. The Morgan fingerprint density at radius 2 is 2.00 bits per heavy atom. The number of hydrogen-bond donors (Lipinski definition) is 1. The van der Waals surface area contributed by atoms with Gasteiger partial charge in [-0.3, -0.25) is 14.4 Å². The van der Waals surface area contributed by atoms with Crippen LogP contribution in [0.2, 0.25) is 12.6 Å². The molecule has 6 heteroatoms. The van der Waals surface area contributed by atoms with Gasteiger partial charge in [0.15, 0.2) is 5.78 Å². The van der Waals surface area contributed by atoms with Gasteiger partial charge in [-0.15, -0.1) is 0 Å². The Morgan fingerprint density at radius 1 is 1.31 bits per heavy atom. The average Bonchev–Trinajstić information content (AvgIpc) is 3.04. The SMILES string of the molecule is CC(=O)[C@H](C)CC(=O)[C@@H]1CCB2CC[C@@](N)(Cc3ccccc3)C(=O)N21. The van der Waals surface area contributed by atoms with Crippen molar-refractivity contribution in [3.63, 3.8) is 0 Å². The fraction of sp³-hybridized carbons (Fsp3) is 0.550. The van der Waals surface area contributed by atoms with Crippen molar-refractivity contribution in [2.24, 2.45) is 11.7 Å². The first kappa shape index (κ1) is 18.8. The smallest absolute Gasteiger partial charge is 0.259 e. The summed E-state index contributed by atoms with van der Waals surface area (Å²) in [6.07, 6.45) is 3.69. The maximum absolute atomic E-state index is 13.2. The lowest BCUT2D eigenvalue weighted by Gasteiger charge is -2.42. The van der Waals surface area contributed by atoms with E-state index in [1.165, 1.54) is 6.92 Å². The van der Waals surface area contributed by atoms with Crippen molar-refractivity contribution >= 4 is 24.3 Å². The zero-order valence-corrected chi connectivity index (χ0v) is 15.6. The van der Waals surface area contributed by atoms with Crippen molar-refractivity contribution in [3.8, 4) is 0 Å². The van der Waals surface area contributed by atoms with Gasteiger partial charge in [-0.1, -0.05) is 49.9 Å². The van der Waals surface area contributed by atoms with E-state index in [1.807, 2.05) is 30.3 Å².